The van der Waals surface area contributed by atoms with Crippen LogP contribution in [0.1, 0.15) is 44.1 Å². The first kappa shape index (κ1) is 31.2. The molecule has 0 aromatic heterocycles. The molecule has 2 atom stereocenters. The predicted molar refractivity (Wildman–Crippen MR) is 192 cm³/mol. The highest BCUT2D eigenvalue weighted by Gasteiger charge is 2.27. The summed E-state index contributed by atoms with van der Waals surface area (Å²) in [7, 11) is 0. The molecule has 6 rings (SSSR count). The Bertz CT molecular complexity index is 1950. The van der Waals surface area contributed by atoms with Crippen molar-refractivity contribution in [2.45, 2.75) is 12.2 Å². The van der Waals surface area contributed by atoms with Crippen LogP contribution < -0.4 is 0 Å². The van der Waals surface area contributed by atoms with E-state index in [2.05, 4.69) is 45.0 Å². The molecule has 0 N–H and O–H groups in total. The maximum Gasteiger partial charge on any atom is 0.339 e. The van der Waals surface area contributed by atoms with Gasteiger partial charge in [0.25, 0.3) is 0 Å². The highest BCUT2D eigenvalue weighted by molar-refractivity contribution is 9.10. The van der Waals surface area contributed by atoms with Gasteiger partial charge in [0.15, 0.2) is 0 Å². The van der Waals surface area contributed by atoms with Crippen molar-refractivity contribution in [2.75, 3.05) is 0 Å². The number of benzene rings is 6. The second-order valence-corrected chi connectivity index (χ2v) is 12.5. The van der Waals surface area contributed by atoms with Crippen molar-refractivity contribution in [1.82, 2.24) is 0 Å². The van der Waals surface area contributed by atoms with Crippen molar-refractivity contribution < 1.29 is 19.1 Å². The van der Waals surface area contributed by atoms with Crippen molar-refractivity contribution in [2.24, 2.45) is 0 Å². The fourth-order valence-electron chi connectivity index (χ4n) is 5.62. The second-order valence-electron chi connectivity index (χ2n) is 10.6. The molecule has 0 bridgehead atoms. The van der Waals surface area contributed by atoms with E-state index in [-0.39, 0.29) is 0 Å². The Labute approximate surface area is 284 Å². The van der Waals surface area contributed by atoms with Gasteiger partial charge in [-0.2, -0.15) is 0 Å². The van der Waals surface area contributed by atoms with Crippen LogP contribution in [-0.4, -0.2) is 11.9 Å². The summed E-state index contributed by atoms with van der Waals surface area (Å²) in [6.45, 7) is 8.11. The van der Waals surface area contributed by atoms with Gasteiger partial charge in [0, 0.05) is 20.1 Å². The standard InChI is InChI=1S/C40H28Br2O4/c1-3-35(45-39(43)27-13-19-29(41)20-14-27)33-23-17-25-9-5-7-11-31(25)37(33)38-32-12-8-6-10-26(32)18-24-34(38)36(4-2)46-40(44)28-15-21-30(42)22-16-28/h3-24,35-36H,1-2H2/t35-,36-/m1/s1. The fraction of sp³-hybridized carbons (Fsp3) is 0.0500. The Morgan fingerprint density at radius 2 is 0.891 bits per heavy atom. The molecule has 226 valence electrons. The molecule has 0 radical (unpaired) electrons. The largest absolute Gasteiger partial charge is 0.450 e. The fourth-order valence-corrected chi connectivity index (χ4v) is 6.15. The quantitative estimate of drug-likeness (QED) is 0.110. The van der Waals surface area contributed by atoms with Crippen LogP contribution in [-0.2, 0) is 9.47 Å². The van der Waals surface area contributed by atoms with Gasteiger partial charge in [0.1, 0.15) is 12.2 Å². The lowest BCUT2D eigenvalue weighted by Crippen LogP contribution is -2.13. The summed E-state index contributed by atoms with van der Waals surface area (Å²) in [6, 6.07) is 38.2. The monoisotopic (exact) mass is 730 g/mol. The number of hydrogen-bond acceptors (Lipinski definition) is 4. The van der Waals surface area contributed by atoms with Gasteiger partial charge in [-0.25, -0.2) is 9.59 Å². The molecule has 0 spiro atoms. The van der Waals surface area contributed by atoms with Gasteiger partial charge < -0.3 is 9.47 Å². The van der Waals surface area contributed by atoms with E-state index < -0.39 is 24.1 Å². The number of esters is 2. The first-order valence-corrected chi connectivity index (χ1v) is 16.2. The number of rotatable bonds is 9. The number of fused-ring (bicyclic) bond motifs is 2. The molecule has 46 heavy (non-hydrogen) atoms. The molecule has 0 amide bonds. The summed E-state index contributed by atoms with van der Waals surface area (Å²) in [6.07, 6.45) is 1.70. The maximum atomic E-state index is 13.4. The van der Waals surface area contributed by atoms with Crippen molar-refractivity contribution in [3.05, 3.63) is 178 Å². The van der Waals surface area contributed by atoms with Crippen LogP contribution in [0.4, 0.5) is 0 Å². The topological polar surface area (TPSA) is 52.6 Å². The Hall–Kier alpha value is -4.78. The summed E-state index contributed by atoms with van der Waals surface area (Å²) >= 11 is 6.84. The summed E-state index contributed by atoms with van der Waals surface area (Å²) in [5, 5.41) is 3.91. The lowest BCUT2D eigenvalue weighted by atomic mass is 9.84. The van der Waals surface area contributed by atoms with Gasteiger partial charge in [0.05, 0.1) is 11.1 Å². The molecule has 0 saturated heterocycles. The summed E-state index contributed by atoms with van der Waals surface area (Å²) in [5.74, 6) is -0.941. The van der Waals surface area contributed by atoms with Crippen molar-refractivity contribution in [3.63, 3.8) is 0 Å². The average molecular weight is 732 g/mol. The molecule has 0 aliphatic carbocycles. The number of carbonyl (C=O) groups is 2. The van der Waals surface area contributed by atoms with Crippen LogP contribution in [0, 0.1) is 0 Å². The third-order valence-electron chi connectivity index (χ3n) is 7.84. The second kappa shape index (κ2) is 13.7. The number of halogens is 2. The van der Waals surface area contributed by atoms with E-state index in [0.717, 1.165) is 52.7 Å². The van der Waals surface area contributed by atoms with Crippen LogP contribution in [0.25, 0.3) is 32.7 Å². The molecule has 4 nitrogen and oxygen atoms in total. The van der Waals surface area contributed by atoms with E-state index in [1.165, 1.54) is 0 Å². The average Bonchev–Trinajstić information content (AvgIpc) is 3.09. The Morgan fingerprint density at radius 3 is 1.26 bits per heavy atom. The van der Waals surface area contributed by atoms with Gasteiger partial charge in [-0.3, -0.25) is 0 Å². The van der Waals surface area contributed by atoms with Crippen LogP contribution in [0.15, 0.2) is 156 Å². The van der Waals surface area contributed by atoms with Crippen molar-refractivity contribution >= 4 is 65.3 Å². The van der Waals surface area contributed by atoms with Crippen LogP contribution in [0.2, 0.25) is 0 Å². The van der Waals surface area contributed by atoms with Gasteiger partial charge in [-0.15, -0.1) is 0 Å². The Balaban J connectivity index is 1.55. The number of carbonyl (C=O) groups excluding carboxylic acids is 2. The lowest BCUT2D eigenvalue weighted by Gasteiger charge is -2.25. The number of hydrogen-bond donors (Lipinski definition) is 0. The Kier molecular flexibility index (Phi) is 9.29. The van der Waals surface area contributed by atoms with Crippen LogP contribution >= 0.6 is 31.9 Å². The number of ether oxygens (including phenoxy) is 2. The highest BCUT2D eigenvalue weighted by Crippen LogP contribution is 2.44. The molecule has 6 aromatic rings. The van der Waals surface area contributed by atoms with Gasteiger partial charge in [0.2, 0.25) is 0 Å². The SMILES string of the molecule is C=C[C@@H](OC(=O)c1ccc(Br)cc1)c1ccc2ccccc2c1-c1c([C@@H](C=C)OC(=O)c2ccc(Br)cc2)ccc2ccccc12. The van der Waals surface area contributed by atoms with Crippen molar-refractivity contribution in [3.8, 4) is 11.1 Å². The summed E-state index contributed by atoms with van der Waals surface area (Å²) in [4.78, 5) is 26.7. The molecular formula is C40H28Br2O4. The minimum atomic E-state index is -0.782. The molecule has 0 aliphatic rings. The van der Waals surface area contributed by atoms with Crippen LogP contribution in [0.5, 0.6) is 0 Å². The molecule has 6 aromatic carbocycles. The van der Waals surface area contributed by atoms with Gasteiger partial charge in [-0.05, 0) is 93.4 Å². The molecular weight excluding hydrogens is 704 g/mol. The Morgan fingerprint density at radius 1 is 0.522 bits per heavy atom. The van der Waals surface area contributed by atoms with E-state index in [1.54, 1.807) is 60.7 Å². The first-order chi connectivity index (χ1) is 22.4. The van der Waals surface area contributed by atoms with E-state index in [4.69, 9.17) is 9.47 Å². The van der Waals surface area contributed by atoms with E-state index >= 15 is 0 Å². The van der Waals surface area contributed by atoms with E-state index in [9.17, 15) is 9.59 Å². The maximum absolute atomic E-state index is 13.4. The minimum Gasteiger partial charge on any atom is -0.450 e. The van der Waals surface area contributed by atoms with Crippen molar-refractivity contribution in [1.29, 1.82) is 0 Å². The highest BCUT2D eigenvalue weighted by atomic mass is 79.9. The first-order valence-electron chi connectivity index (χ1n) is 14.6. The van der Waals surface area contributed by atoms with E-state index in [0.29, 0.717) is 11.1 Å². The summed E-state index contributed by atoms with van der Waals surface area (Å²) in [5.41, 5.74) is 4.05. The van der Waals surface area contributed by atoms with E-state index in [1.807, 2.05) is 72.8 Å². The molecule has 0 aliphatic heterocycles. The zero-order chi connectivity index (χ0) is 32.2. The molecule has 0 heterocycles. The zero-order valence-corrected chi connectivity index (χ0v) is 27.8. The van der Waals surface area contributed by atoms with Gasteiger partial charge >= 0.3 is 11.9 Å². The van der Waals surface area contributed by atoms with Gasteiger partial charge in [-0.1, -0.05) is 118 Å². The van der Waals surface area contributed by atoms with Crippen LogP contribution in [0.3, 0.4) is 0 Å². The lowest BCUT2D eigenvalue weighted by molar-refractivity contribution is 0.0381. The molecule has 0 unspecified atom stereocenters. The molecule has 0 saturated carbocycles. The smallest absolute Gasteiger partial charge is 0.339 e. The minimum absolute atomic E-state index is 0.426. The molecule has 6 heteroatoms. The normalized spacial score (nSPS) is 12.3. The zero-order valence-electron chi connectivity index (χ0n) is 24.7. The third kappa shape index (κ3) is 6.32. The molecule has 0 fully saturated rings. The third-order valence-corrected chi connectivity index (χ3v) is 8.90. The predicted octanol–water partition coefficient (Wildman–Crippen LogP) is 11.4. The summed E-state index contributed by atoms with van der Waals surface area (Å²) < 4.78 is 14.0.